The van der Waals surface area contributed by atoms with Crippen LogP contribution in [0.5, 0.6) is 0 Å². The zero-order valence-electron chi connectivity index (χ0n) is 9.21. The van der Waals surface area contributed by atoms with Gasteiger partial charge in [0.05, 0.1) is 11.9 Å². The summed E-state index contributed by atoms with van der Waals surface area (Å²) in [5.74, 6) is 0. The highest BCUT2D eigenvalue weighted by atomic mass is 79.9. The average Bonchev–Trinajstić information content (AvgIpc) is 2.79. The van der Waals surface area contributed by atoms with Crippen LogP contribution in [0.1, 0.15) is 4.88 Å². The highest BCUT2D eigenvalue weighted by Gasteiger charge is 2.08. The van der Waals surface area contributed by atoms with Gasteiger partial charge in [-0.1, -0.05) is 17.3 Å². The van der Waals surface area contributed by atoms with Crippen molar-refractivity contribution in [3.63, 3.8) is 0 Å². The van der Waals surface area contributed by atoms with Gasteiger partial charge in [0, 0.05) is 9.35 Å². The maximum atomic E-state index is 12.2. The van der Waals surface area contributed by atoms with Crippen molar-refractivity contribution >= 4 is 38.2 Å². The van der Waals surface area contributed by atoms with Gasteiger partial charge in [-0.2, -0.15) is 0 Å². The molecule has 0 saturated heterocycles. The lowest BCUT2D eigenvalue weighted by Crippen LogP contribution is -2.24. The first-order valence-electron chi connectivity index (χ1n) is 5.30. The fourth-order valence-electron chi connectivity index (χ4n) is 1.70. The first-order chi connectivity index (χ1) is 8.75. The Morgan fingerprint density at radius 3 is 2.89 bits per heavy atom. The quantitative estimate of drug-likeness (QED) is 0.729. The van der Waals surface area contributed by atoms with E-state index in [0.29, 0.717) is 17.4 Å². The summed E-state index contributed by atoms with van der Waals surface area (Å²) in [6.07, 6.45) is 0. The predicted molar refractivity (Wildman–Crippen MR) is 74.9 cm³/mol. The number of rotatable bonds is 2. The maximum absolute atomic E-state index is 12.2. The monoisotopic (exact) mass is 321 g/mol. The zero-order chi connectivity index (χ0) is 12.5. The molecule has 0 fully saturated rings. The van der Waals surface area contributed by atoms with Gasteiger partial charge in [-0.25, -0.2) is 4.68 Å². The molecule has 0 atom stereocenters. The summed E-state index contributed by atoms with van der Waals surface area (Å²) in [7, 11) is 0. The molecule has 0 aliphatic carbocycles. The molecule has 0 aliphatic heterocycles. The Morgan fingerprint density at radius 1 is 1.28 bits per heavy atom. The van der Waals surface area contributed by atoms with Crippen LogP contribution in [0, 0.1) is 0 Å². The van der Waals surface area contributed by atoms with Crippen molar-refractivity contribution in [2.75, 3.05) is 0 Å². The van der Waals surface area contributed by atoms with Crippen molar-refractivity contribution in [1.82, 2.24) is 15.0 Å². The number of benzene rings is 1. The lowest BCUT2D eigenvalue weighted by atomic mass is 10.2. The Hall–Kier alpha value is -1.53. The summed E-state index contributed by atoms with van der Waals surface area (Å²) in [6.45, 7) is 0.439. The number of halogens is 1. The van der Waals surface area contributed by atoms with Crippen LogP contribution in [0.4, 0.5) is 0 Å². The standard InChI is InChI=1S/C12H8BrN3OS/c13-9-5-6-18-11(9)7-16-12(17)8-3-1-2-4-10(8)14-15-16/h1-6H,7H2. The van der Waals surface area contributed by atoms with Gasteiger partial charge < -0.3 is 0 Å². The fraction of sp³-hybridized carbons (Fsp3) is 0.0833. The summed E-state index contributed by atoms with van der Waals surface area (Å²) >= 11 is 5.03. The minimum absolute atomic E-state index is 0.110. The molecule has 2 aromatic heterocycles. The number of hydrogen-bond acceptors (Lipinski definition) is 4. The zero-order valence-corrected chi connectivity index (χ0v) is 11.6. The van der Waals surface area contributed by atoms with E-state index < -0.39 is 0 Å². The molecule has 0 amide bonds. The van der Waals surface area contributed by atoms with E-state index in [1.807, 2.05) is 23.6 Å². The molecule has 3 rings (SSSR count). The van der Waals surface area contributed by atoms with E-state index in [1.165, 1.54) is 4.68 Å². The van der Waals surface area contributed by atoms with Gasteiger partial charge in [-0.3, -0.25) is 4.79 Å². The summed E-state index contributed by atoms with van der Waals surface area (Å²) in [5, 5.41) is 10.6. The first-order valence-corrected chi connectivity index (χ1v) is 6.97. The molecular formula is C12H8BrN3OS. The Kier molecular flexibility index (Phi) is 2.97. The summed E-state index contributed by atoms with van der Waals surface area (Å²) in [6, 6.07) is 9.19. The third-order valence-electron chi connectivity index (χ3n) is 2.61. The highest BCUT2D eigenvalue weighted by molar-refractivity contribution is 9.10. The van der Waals surface area contributed by atoms with Gasteiger partial charge in [0.1, 0.15) is 5.52 Å². The van der Waals surface area contributed by atoms with Crippen LogP contribution in [0.2, 0.25) is 0 Å². The van der Waals surface area contributed by atoms with E-state index in [1.54, 1.807) is 23.5 Å². The topological polar surface area (TPSA) is 47.8 Å². The van der Waals surface area contributed by atoms with E-state index >= 15 is 0 Å². The van der Waals surface area contributed by atoms with Crippen molar-refractivity contribution in [3.8, 4) is 0 Å². The smallest absolute Gasteiger partial charge is 0.267 e. The average molecular weight is 322 g/mol. The molecule has 3 aromatic rings. The van der Waals surface area contributed by atoms with Gasteiger partial charge >= 0.3 is 0 Å². The SMILES string of the molecule is O=c1c2ccccc2nnn1Cc1sccc1Br. The van der Waals surface area contributed by atoms with Crippen molar-refractivity contribution in [2.24, 2.45) is 0 Å². The Bertz CT molecular complexity index is 765. The van der Waals surface area contributed by atoms with Crippen LogP contribution in [0.25, 0.3) is 10.9 Å². The maximum Gasteiger partial charge on any atom is 0.277 e. The van der Waals surface area contributed by atoms with Crippen molar-refractivity contribution < 1.29 is 0 Å². The van der Waals surface area contributed by atoms with Crippen LogP contribution >= 0.6 is 27.3 Å². The van der Waals surface area contributed by atoms with Crippen molar-refractivity contribution in [2.45, 2.75) is 6.54 Å². The molecule has 0 saturated carbocycles. The Labute approximate surface area is 115 Å². The first kappa shape index (κ1) is 11.6. The molecule has 90 valence electrons. The Balaban J connectivity index is 2.11. The summed E-state index contributed by atoms with van der Waals surface area (Å²) in [5.41, 5.74) is 0.518. The second-order valence-electron chi connectivity index (χ2n) is 3.76. The van der Waals surface area contributed by atoms with Gasteiger partial charge in [0.15, 0.2) is 0 Å². The second-order valence-corrected chi connectivity index (χ2v) is 5.62. The van der Waals surface area contributed by atoms with Gasteiger partial charge in [-0.05, 0) is 39.5 Å². The van der Waals surface area contributed by atoms with Crippen LogP contribution in [0.15, 0.2) is 45.0 Å². The van der Waals surface area contributed by atoms with E-state index in [2.05, 4.69) is 26.2 Å². The van der Waals surface area contributed by atoms with E-state index in [9.17, 15) is 4.79 Å². The number of thiophene rings is 1. The molecule has 0 N–H and O–H groups in total. The third-order valence-corrected chi connectivity index (χ3v) is 4.52. The van der Waals surface area contributed by atoms with Crippen molar-refractivity contribution in [3.05, 3.63) is 55.4 Å². The predicted octanol–water partition coefficient (Wildman–Crippen LogP) is 2.66. The third kappa shape index (κ3) is 1.97. The molecule has 2 heterocycles. The Morgan fingerprint density at radius 2 is 2.11 bits per heavy atom. The minimum Gasteiger partial charge on any atom is -0.267 e. The van der Waals surface area contributed by atoms with E-state index in [-0.39, 0.29) is 5.56 Å². The van der Waals surface area contributed by atoms with Crippen molar-refractivity contribution in [1.29, 1.82) is 0 Å². The molecule has 0 bridgehead atoms. The number of aromatic nitrogens is 3. The molecule has 0 aliphatic rings. The lowest BCUT2D eigenvalue weighted by Gasteiger charge is -2.03. The second kappa shape index (κ2) is 4.62. The molecule has 6 heteroatoms. The molecule has 18 heavy (non-hydrogen) atoms. The minimum atomic E-state index is -0.110. The van der Waals surface area contributed by atoms with E-state index in [0.717, 1.165) is 9.35 Å². The molecule has 0 radical (unpaired) electrons. The van der Waals surface area contributed by atoms with Crippen LogP contribution in [-0.4, -0.2) is 15.0 Å². The van der Waals surface area contributed by atoms with Gasteiger partial charge in [-0.15, -0.1) is 16.4 Å². The molecule has 1 aromatic carbocycles. The highest BCUT2D eigenvalue weighted by Crippen LogP contribution is 2.22. The number of nitrogens with zero attached hydrogens (tertiary/aromatic N) is 3. The summed E-state index contributed by atoms with van der Waals surface area (Å²) in [4.78, 5) is 13.3. The van der Waals surface area contributed by atoms with E-state index in [4.69, 9.17) is 0 Å². The molecule has 4 nitrogen and oxygen atoms in total. The number of fused-ring (bicyclic) bond motifs is 1. The van der Waals surface area contributed by atoms with Crippen LogP contribution < -0.4 is 5.56 Å². The van der Waals surface area contributed by atoms with Gasteiger partial charge in [0.25, 0.3) is 5.56 Å². The molecule has 0 spiro atoms. The molecule has 0 unspecified atom stereocenters. The largest absolute Gasteiger partial charge is 0.277 e. The number of hydrogen-bond donors (Lipinski definition) is 0. The van der Waals surface area contributed by atoms with Gasteiger partial charge in [0.2, 0.25) is 0 Å². The summed E-state index contributed by atoms with van der Waals surface area (Å²) < 4.78 is 2.38. The fourth-order valence-corrected chi connectivity index (χ4v) is 3.16. The normalized spacial score (nSPS) is 10.9. The van der Waals surface area contributed by atoms with Crippen LogP contribution in [-0.2, 0) is 6.54 Å². The molecular weight excluding hydrogens is 314 g/mol. The van der Waals surface area contributed by atoms with Crippen LogP contribution in [0.3, 0.4) is 0 Å². The lowest BCUT2D eigenvalue weighted by molar-refractivity contribution is 0.605.